The van der Waals surface area contributed by atoms with Gasteiger partial charge in [0.2, 0.25) is 0 Å². The maximum Gasteiger partial charge on any atom is 0.153 e. The van der Waals surface area contributed by atoms with Gasteiger partial charge >= 0.3 is 0 Å². The maximum absolute atomic E-state index is 11.3. The van der Waals surface area contributed by atoms with Crippen LogP contribution in [0.15, 0.2) is 54.7 Å². The van der Waals surface area contributed by atoms with Crippen LogP contribution in [-0.2, 0) is 0 Å². The van der Waals surface area contributed by atoms with Crippen molar-refractivity contribution in [1.82, 2.24) is 9.78 Å². The van der Waals surface area contributed by atoms with Gasteiger partial charge < -0.3 is 0 Å². The van der Waals surface area contributed by atoms with E-state index in [9.17, 15) is 4.79 Å². The van der Waals surface area contributed by atoms with Crippen LogP contribution in [-0.4, -0.2) is 16.1 Å². The number of rotatable bonds is 3. The van der Waals surface area contributed by atoms with E-state index in [2.05, 4.69) is 5.10 Å². The fraction of sp³-hybridized carbons (Fsp3) is 0. The van der Waals surface area contributed by atoms with E-state index in [0.717, 1.165) is 17.5 Å². The van der Waals surface area contributed by atoms with Gasteiger partial charge in [0, 0.05) is 11.8 Å². The Bertz CT molecular complexity index is 797. The Morgan fingerprint density at radius 1 is 1.00 bits per heavy atom. The molecule has 1 heterocycles. The third-order valence-electron chi connectivity index (χ3n) is 3.08. The number of hydrogen-bond acceptors (Lipinski definition) is 2. The van der Waals surface area contributed by atoms with Gasteiger partial charge in [-0.15, -0.1) is 0 Å². The summed E-state index contributed by atoms with van der Waals surface area (Å²) in [6.07, 6.45) is 2.48. The summed E-state index contributed by atoms with van der Waals surface area (Å²) in [6.45, 7) is 0. The van der Waals surface area contributed by atoms with Crippen molar-refractivity contribution in [3.8, 4) is 16.9 Å². The molecule has 2 aromatic carbocycles. The highest BCUT2D eigenvalue weighted by Crippen LogP contribution is 2.29. The molecule has 0 unspecified atom stereocenters. The summed E-state index contributed by atoms with van der Waals surface area (Å²) in [6, 6.07) is 14.8. The topological polar surface area (TPSA) is 34.9 Å². The van der Waals surface area contributed by atoms with Crippen molar-refractivity contribution in [1.29, 1.82) is 0 Å². The summed E-state index contributed by atoms with van der Waals surface area (Å²) in [5.41, 5.74) is 2.71. The van der Waals surface area contributed by atoms with E-state index in [0.29, 0.717) is 21.3 Å². The van der Waals surface area contributed by atoms with Crippen LogP contribution in [0.2, 0.25) is 10.0 Å². The quantitative estimate of drug-likeness (QED) is 0.659. The second kappa shape index (κ2) is 5.72. The molecular weight excluding hydrogens is 307 g/mol. The zero-order valence-corrected chi connectivity index (χ0v) is 12.3. The zero-order chi connectivity index (χ0) is 14.8. The number of para-hydroxylation sites is 1. The first-order valence-electron chi connectivity index (χ1n) is 6.25. The Balaban J connectivity index is 2.12. The van der Waals surface area contributed by atoms with E-state index in [1.54, 1.807) is 29.1 Å². The molecular formula is C16H10Cl2N2O. The molecule has 0 radical (unpaired) electrons. The van der Waals surface area contributed by atoms with Crippen LogP contribution >= 0.6 is 23.2 Å². The fourth-order valence-corrected chi connectivity index (χ4v) is 2.35. The molecule has 0 saturated heterocycles. The lowest BCUT2D eigenvalue weighted by molar-refractivity contribution is 0.112. The van der Waals surface area contributed by atoms with E-state index in [1.807, 2.05) is 30.3 Å². The Morgan fingerprint density at radius 3 is 2.43 bits per heavy atom. The average Bonchev–Trinajstić information content (AvgIpc) is 2.95. The molecule has 3 nitrogen and oxygen atoms in total. The molecule has 5 heteroatoms. The molecule has 3 aromatic rings. The lowest BCUT2D eigenvalue weighted by Gasteiger charge is -2.02. The van der Waals surface area contributed by atoms with E-state index in [1.165, 1.54) is 0 Å². The lowest BCUT2D eigenvalue weighted by Crippen LogP contribution is -1.94. The SMILES string of the molecule is O=Cc1cn(-c2ccccc2)nc1-c1ccc(Cl)c(Cl)c1. The molecule has 0 N–H and O–H groups in total. The zero-order valence-electron chi connectivity index (χ0n) is 10.8. The second-order valence-corrected chi connectivity index (χ2v) is 5.27. The summed E-state index contributed by atoms with van der Waals surface area (Å²) >= 11 is 11.9. The molecule has 0 atom stereocenters. The summed E-state index contributed by atoms with van der Waals surface area (Å²) in [7, 11) is 0. The molecule has 0 spiro atoms. The first kappa shape index (κ1) is 13.9. The molecule has 104 valence electrons. The summed E-state index contributed by atoms with van der Waals surface area (Å²) in [5.74, 6) is 0. The monoisotopic (exact) mass is 316 g/mol. The molecule has 0 saturated carbocycles. The van der Waals surface area contributed by atoms with Crippen LogP contribution in [0.25, 0.3) is 16.9 Å². The van der Waals surface area contributed by atoms with Gasteiger partial charge in [-0.1, -0.05) is 47.5 Å². The van der Waals surface area contributed by atoms with Gasteiger partial charge in [-0.2, -0.15) is 5.10 Å². The van der Waals surface area contributed by atoms with Gasteiger partial charge in [-0.3, -0.25) is 4.79 Å². The minimum absolute atomic E-state index is 0.431. The van der Waals surface area contributed by atoms with Crippen molar-refractivity contribution in [2.45, 2.75) is 0 Å². The molecule has 3 rings (SSSR count). The molecule has 21 heavy (non-hydrogen) atoms. The standard InChI is InChI=1S/C16H10Cl2N2O/c17-14-7-6-11(8-15(14)18)16-12(10-21)9-20(19-16)13-4-2-1-3-5-13/h1-10H. The number of aromatic nitrogens is 2. The first-order chi connectivity index (χ1) is 10.2. The van der Waals surface area contributed by atoms with Crippen LogP contribution in [0.3, 0.4) is 0 Å². The highest BCUT2D eigenvalue weighted by atomic mass is 35.5. The third-order valence-corrected chi connectivity index (χ3v) is 3.82. The van der Waals surface area contributed by atoms with Crippen molar-refractivity contribution < 1.29 is 4.79 Å². The van der Waals surface area contributed by atoms with Gasteiger partial charge in [0.25, 0.3) is 0 Å². The van der Waals surface area contributed by atoms with Gasteiger partial charge in [0.15, 0.2) is 6.29 Å². The van der Waals surface area contributed by atoms with E-state index in [4.69, 9.17) is 23.2 Å². The Hall–Kier alpha value is -2.10. The highest BCUT2D eigenvalue weighted by Gasteiger charge is 2.12. The van der Waals surface area contributed by atoms with Gasteiger partial charge in [-0.05, 0) is 24.3 Å². The maximum atomic E-state index is 11.3. The minimum Gasteiger partial charge on any atom is -0.298 e. The van der Waals surface area contributed by atoms with Crippen LogP contribution < -0.4 is 0 Å². The van der Waals surface area contributed by atoms with Crippen molar-refractivity contribution >= 4 is 29.5 Å². The Morgan fingerprint density at radius 2 is 1.76 bits per heavy atom. The number of carbonyl (C=O) groups is 1. The highest BCUT2D eigenvalue weighted by molar-refractivity contribution is 6.42. The summed E-state index contributed by atoms with van der Waals surface area (Å²) in [4.78, 5) is 11.3. The molecule has 0 amide bonds. The van der Waals surface area contributed by atoms with Gasteiger partial charge in [0.1, 0.15) is 5.69 Å². The van der Waals surface area contributed by atoms with E-state index in [-0.39, 0.29) is 0 Å². The minimum atomic E-state index is 0.431. The number of carbonyl (C=O) groups excluding carboxylic acids is 1. The molecule has 0 aliphatic rings. The van der Waals surface area contributed by atoms with Gasteiger partial charge in [0.05, 0.1) is 21.3 Å². The normalized spacial score (nSPS) is 10.6. The second-order valence-electron chi connectivity index (χ2n) is 4.46. The molecule has 0 fully saturated rings. The van der Waals surface area contributed by atoms with E-state index >= 15 is 0 Å². The number of hydrogen-bond donors (Lipinski definition) is 0. The van der Waals surface area contributed by atoms with Crippen LogP contribution in [0, 0.1) is 0 Å². The smallest absolute Gasteiger partial charge is 0.153 e. The van der Waals surface area contributed by atoms with E-state index < -0.39 is 0 Å². The molecule has 0 aliphatic heterocycles. The predicted octanol–water partition coefficient (Wildman–Crippen LogP) is 4.66. The molecule has 0 aliphatic carbocycles. The first-order valence-corrected chi connectivity index (χ1v) is 7.00. The van der Waals surface area contributed by atoms with Crippen molar-refractivity contribution in [2.75, 3.05) is 0 Å². The Kier molecular flexibility index (Phi) is 3.78. The number of aldehydes is 1. The lowest BCUT2D eigenvalue weighted by atomic mass is 10.1. The largest absolute Gasteiger partial charge is 0.298 e. The van der Waals surface area contributed by atoms with Crippen molar-refractivity contribution in [2.24, 2.45) is 0 Å². The Labute approximate surface area is 131 Å². The van der Waals surface area contributed by atoms with Gasteiger partial charge in [-0.25, -0.2) is 4.68 Å². The van der Waals surface area contributed by atoms with Crippen LogP contribution in [0.4, 0.5) is 0 Å². The molecule has 0 bridgehead atoms. The van der Waals surface area contributed by atoms with Crippen molar-refractivity contribution in [3.05, 3.63) is 70.3 Å². The number of benzene rings is 2. The van der Waals surface area contributed by atoms with Crippen LogP contribution in [0.5, 0.6) is 0 Å². The third kappa shape index (κ3) is 2.71. The van der Waals surface area contributed by atoms with Crippen molar-refractivity contribution in [3.63, 3.8) is 0 Å². The number of halogens is 2. The van der Waals surface area contributed by atoms with Crippen LogP contribution in [0.1, 0.15) is 10.4 Å². The fourth-order valence-electron chi connectivity index (χ4n) is 2.05. The number of nitrogens with zero attached hydrogens (tertiary/aromatic N) is 2. The summed E-state index contributed by atoms with van der Waals surface area (Å²) < 4.78 is 1.67. The molecule has 1 aromatic heterocycles. The summed E-state index contributed by atoms with van der Waals surface area (Å²) in [5, 5.41) is 5.37. The average molecular weight is 317 g/mol. The predicted molar refractivity (Wildman–Crippen MR) is 84.4 cm³/mol.